The molecule has 0 aliphatic rings. The quantitative estimate of drug-likeness (QED) is 0.885. The maximum Gasteiger partial charge on any atom is 0.249 e. The first kappa shape index (κ1) is 16.2. The summed E-state index contributed by atoms with van der Waals surface area (Å²) in [7, 11) is 0. The van der Waals surface area contributed by atoms with Gasteiger partial charge in [-0.05, 0) is 38.3 Å². The van der Waals surface area contributed by atoms with Crippen molar-refractivity contribution in [3.05, 3.63) is 40.7 Å². The first-order chi connectivity index (χ1) is 10.5. The van der Waals surface area contributed by atoms with E-state index in [0.29, 0.717) is 12.2 Å². The molecule has 1 heterocycles. The number of hydrogen-bond acceptors (Lipinski definition) is 4. The van der Waals surface area contributed by atoms with E-state index in [4.69, 9.17) is 5.73 Å². The lowest BCUT2D eigenvalue weighted by atomic mass is 10.1. The molecule has 0 fully saturated rings. The Balaban J connectivity index is 2.24. The van der Waals surface area contributed by atoms with E-state index in [1.165, 1.54) is 0 Å². The highest BCUT2D eigenvalue weighted by molar-refractivity contribution is 5.94. The van der Waals surface area contributed by atoms with Crippen LogP contribution in [0.3, 0.4) is 0 Å². The van der Waals surface area contributed by atoms with Gasteiger partial charge >= 0.3 is 0 Å². The summed E-state index contributed by atoms with van der Waals surface area (Å²) in [6, 6.07) is 5.58. The van der Waals surface area contributed by atoms with Crippen LogP contribution in [0.5, 0.6) is 0 Å². The molecule has 1 unspecified atom stereocenters. The Hall–Kier alpha value is -2.21. The number of nitrogens with two attached hydrogens (primary N) is 1. The molecule has 6 nitrogen and oxygen atoms in total. The Bertz CT molecular complexity index is 677. The third-order valence-corrected chi connectivity index (χ3v) is 3.95. The first-order valence-electron chi connectivity index (χ1n) is 7.49. The van der Waals surface area contributed by atoms with Crippen molar-refractivity contribution in [2.45, 2.75) is 46.7 Å². The molecule has 1 aromatic heterocycles. The average Bonchev–Trinajstić information content (AvgIpc) is 2.89. The van der Waals surface area contributed by atoms with Gasteiger partial charge in [0, 0.05) is 12.2 Å². The van der Waals surface area contributed by atoms with E-state index in [0.717, 1.165) is 28.9 Å². The van der Waals surface area contributed by atoms with Crippen LogP contribution >= 0.6 is 0 Å². The molecule has 6 heteroatoms. The van der Waals surface area contributed by atoms with E-state index in [2.05, 4.69) is 22.6 Å². The smallest absolute Gasteiger partial charge is 0.249 e. The highest BCUT2D eigenvalue weighted by Gasteiger charge is 2.21. The summed E-state index contributed by atoms with van der Waals surface area (Å²) in [6.45, 7) is 8.06. The van der Waals surface area contributed by atoms with Crippen LogP contribution in [0.25, 0.3) is 0 Å². The topological polar surface area (TPSA) is 85.8 Å². The third kappa shape index (κ3) is 3.01. The van der Waals surface area contributed by atoms with E-state index < -0.39 is 6.04 Å². The van der Waals surface area contributed by atoms with Crippen LogP contribution in [0.4, 0.5) is 5.69 Å². The molecule has 2 rings (SSSR count). The molecule has 0 saturated heterocycles. The van der Waals surface area contributed by atoms with Crippen LogP contribution in [0, 0.1) is 13.8 Å². The second-order valence-electron chi connectivity index (χ2n) is 5.40. The molecular formula is C16H23N5O. The molecule has 1 aromatic carbocycles. The van der Waals surface area contributed by atoms with Crippen molar-refractivity contribution in [1.29, 1.82) is 0 Å². The number of carbonyl (C=O) groups excluding carboxylic acids is 1. The van der Waals surface area contributed by atoms with Crippen LogP contribution in [0.2, 0.25) is 0 Å². The number of anilines is 1. The fourth-order valence-electron chi connectivity index (χ4n) is 2.47. The number of aryl methyl sites for hydroxylation is 2. The maximum atomic E-state index is 12.6. The summed E-state index contributed by atoms with van der Waals surface area (Å²) in [5, 5.41) is 11.1. The molecular weight excluding hydrogens is 278 g/mol. The van der Waals surface area contributed by atoms with Crippen molar-refractivity contribution >= 4 is 11.6 Å². The van der Waals surface area contributed by atoms with Gasteiger partial charge < -0.3 is 11.1 Å². The Kier molecular flexibility index (Phi) is 4.92. The number of nitrogens with one attached hydrogen (secondary N) is 1. The van der Waals surface area contributed by atoms with E-state index in [9.17, 15) is 4.79 Å². The predicted molar refractivity (Wildman–Crippen MR) is 86.5 cm³/mol. The summed E-state index contributed by atoms with van der Waals surface area (Å²) in [4.78, 5) is 12.6. The van der Waals surface area contributed by atoms with Crippen molar-refractivity contribution in [2.75, 3.05) is 5.32 Å². The van der Waals surface area contributed by atoms with Crippen molar-refractivity contribution in [2.24, 2.45) is 5.73 Å². The minimum Gasteiger partial charge on any atom is -0.325 e. The lowest BCUT2D eigenvalue weighted by Crippen LogP contribution is -2.26. The van der Waals surface area contributed by atoms with Gasteiger partial charge in [0.15, 0.2) is 0 Å². The Labute approximate surface area is 130 Å². The standard InChI is InChI=1S/C16H23N5O/c1-5-13-8-6-7-10(2)15(13)18-16(22)12(4)21-11(3)14(9-17)19-20-21/h6-8,12H,5,9,17H2,1-4H3,(H,18,22). The zero-order chi connectivity index (χ0) is 16.3. The highest BCUT2D eigenvalue weighted by atomic mass is 16.2. The fraction of sp³-hybridized carbons (Fsp3) is 0.438. The number of carbonyl (C=O) groups is 1. The van der Waals surface area contributed by atoms with Gasteiger partial charge in [-0.15, -0.1) is 5.10 Å². The number of hydrogen-bond donors (Lipinski definition) is 2. The average molecular weight is 301 g/mol. The van der Waals surface area contributed by atoms with Crippen LogP contribution in [-0.2, 0) is 17.8 Å². The summed E-state index contributed by atoms with van der Waals surface area (Å²) in [5.74, 6) is -0.111. The van der Waals surface area contributed by atoms with Gasteiger partial charge in [-0.2, -0.15) is 0 Å². The Morgan fingerprint density at radius 1 is 1.41 bits per heavy atom. The molecule has 0 saturated carbocycles. The molecule has 0 radical (unpaired) electrons. The second-order valence-corrected chi connectivity index (χ2v) is 5.40. The molecule has 1 atom stereocenters. The molecule has 0 aliphatic heterocycles. The van der Waals surface area contributed by atoms with Gasteiger partial charge in [-0.1, -0.05) is 30.3 Å². The number of amides is 1. The lowest BCUT2D eigenvalue weighted by molar-refractivity contribution is -0.119. The zero-order valence-electron chi connectivity index (χ0n) is 13.6. The molecule has 2 aromatic rings. The van der Waals surface area contributed by atoms with Gasteiger partial charge in [0.25, 0.3) is 0 Å². The lowest BCUT2D eigenvalue weighted by Gasteiger charge is -2.17. The second kappa shape index (κ2) is 6.70. The minimum absolute atomic E-state index is 0.111. The van der Waals surface area contributed by atoms with Gasteiger partial charge in [0.05, 0.1) is 11.4 Å². The number of nitrogens with zero attached hydrogens (tertiary/aromatic N) is 3. The monoisotopic (exact) mass is 301 g/mol. The van der Waals surface area contributed by atoms with E-state index >= 15 is 0 Å². The molecule has 1 amide bonds. The van der Waals surface area contributed by atoms with Crippen molar-refractivity contribution in [1.82, 2.24) is 15.0 Å². The van der Waals surface area contributed by atoms with Gasteiger partial charge in [0.1, 0.15) is 6.04 Å². The number of rotatable bonds is 5. The zero-order valence-corrected chi connectivity index (χ0v) is 13.6. The maximum absolute atomic E-state index is 12.6. The van der Waals surface area contributed by atoms with Crippen molar-refractivity contribution < 1.29 is 4.79 Å². The SMILES string of the molecule is CCc1cccc(C)c1NC(=O)C(C)n1nnc(CN)c1C. The van der Waals surface area contributed by atoms with Gasteiger partial charge in [-0.25, -0.2) is 4.68 Å². The summed E-state index contributed by atoms with van der Waals surface area (Å²) in [6.07, 6.45) is 0.866. The van der Waals surface area contributed by atoms with Crippen LogP contribution < -0.4 is 11.1 Å². The van der Waals surface area contributed by atoms with Gasteiger partial charge in [-0.3, -0.25) is 4.79 Å². The minimum atomic E-state index is -0.447. The Morgan fingerprint density at radius 3 is 2.73 bits per heavy atom. The summed E-state index contributed by atoms with van der Waals surface area (Å²) >= 11 is 0. The van der Waals surface area contributed by atoms with Crippen LogP contribution in [-0.4, -0.2) is 20.9 Å². The molecule has 0 aliphatic carbocycles. The van der Waals surface area contributed by atoms with E-state index in [1.807, 2.05) is 32.0 Å². The number of benzene rings is 1. The predicted octanol–water partition coefficient (Wildman–Crippen LogP) is 2.12. The molecule has 22 heavy (non-hydrogen) atoms. The summed E-state index contributed by atoms with van der Waals surface area (Å²) < 4.78 is 1.61. The number of aromatic nitrogens is 3. The first-order valence-corrected chi connectivity index (χ1v) is 7.49. The normalized spacial score (nSPS) is 12.2. The fourth-order valence-corrected chi connectivity index (χ4v) is 2.47. The molecule has 3 N–H and O–H groups in total. The van der Waals surface area contributed by atoms with E-state index in [-0.39, 0.29) is 5.91 Å². The highest BCUT2D eigenvalue weighted by Crippen LogP contribution is 2.22. The van der Waals surface area contributed by atoms with Crippen LogP contribution in [0.1, 0.15) is 42.4 Å². The Morgan fingerprint density at radius 2 is 2.14 bits per heavy atom. The van der Waals surface area contributed by atoms with Crippen LogP contribution in [0.15, 0.2) is 18.2 Å². The number of para-hydroxylation sites is 1. The third-order valence-electron chi connectivity index (χ3n) is 3.95. The van der Waals surface area contributed by atoms with E-state index in [1.54, 1.807) is 11.6 Å². The van der Waals surface area contributed by atoms with Gasteiger partial charge in [0.2, 0.25) is 5.91 Å². The molecule has 118 valence electrons. The molecule has 0 spiro atoms. The molecule has 0 bridgehead atoms. The van der Waals surface area contributed by atoms with Crippen molar-refractivity contribution in [3.63, 3.8) is 0 Å². The largest absolute Gasteiger partial charge is 0.325 e. The summed E-state index contributed by atoms with van der Waals surface area (Å²) in [5.41, 5.74) is 10.2. The van der Waals surface area contributed by atoms with Crippen molar-refractivity contribution in [3.8, 4) is 0 Å².